The molecule has 2 aromatic carbocycles. The lowest BCUT2D eigenvalue weighted by atomic mass is 9.96. The quantitative estimate of drug-likeness (QED) is 0.612. The molecule has 1 N–H and O–H groups in total. The van der Waals surface area contributed by atoms with E-state index in [1.54, 1.807) is 19.2 Å². The highest BCUT2D eigenvalue weighted by molar-refractivity contribution is 5.79. The Morgan fingerprint density at radius 1 is 1.06 bits per heavy atom. The first-order chi connectivity index (χ1) is 15.6. The van der Waals surface area contributed by atoms with Crippen LogP contribution in [0.2, 0.25) is 0 Å². The van der Waals surface area contributed by atoms with Crippen LogP contribution in [0.1, 0.15) is 18.4 Å². The third-order valence-electron chi connectivity index (χ3n) is 5.87. The van der Waals surface area contributed by atoms with Gasteiger partial charge in [0.2, 0.25) is 5.91 Å². The Morgan fingerprint density at radius 2 is 1.81 bits per heavy atom. The van der Waals surface area contributed by atoms with E-state index in [4.69, 9.17) is 4.74 Å². The Morgan fingerprint density at radius 3 is 2.50 bits per heavy atom. The normalized spacial score (nSPS) is 14.2. The standard InChI is InChI=1S/C25H27FN4O2/c1-32-23-5-3-2-4-19(23)12-15-27-25(31)20-13-16-30(17-14-20)24-11-10-22(28-29-24)18-6-8-21(26)9-7-18/h2-11,20H,12-17H2,1H3,(H,27,31). The second-order valence-electron chi connectivity index (χ2n) is 7.90. The molecule has 166 valence electrons. The molecule has 0 atom stereocenters. The minimum atomic E-state index is -0.273. The molecule has 0 saturated carbocycles. The summed E-state index contributed by atoms with van der Waals surface area (Å²) >= 11 is 0. The van der Waals surface area contributed by atoms with Gasteiger partial charge >= 0.3 is 0 Å². The number of hydrogen-bond acceptors (Lipinski definition) is 5. The second kappa shape index (κ2) is 10.2. The van der Waals surface area contributed by atoms with Crippen molar-refractivity contribution in [3.63, 3.8) is 0 Å². The van der Waals surface area contributed by atoms with Crippen molar-refractivity contribution in [1.29, 1.82) is 0 Å². The van der Waals surface area contributed by atoms with Gasteiger partial charge in [-0.05, 0) is 67.3 Å². The van der Waals surface area contributed by atoms with E-state index in [0.29, 0.717) is 12.2 Å². The number of carbonyl (C=O) groups is 1. The van der Waals surface area contributed by atoms with E-state index in [1.165, 1.54) is 12.1 Å². The third-order valence-corrected chi connectivity index (χ3v) is 5.87. The number of carbonyl (C=O) groups excluding carboxylic acids is 1. The summed E-state index contributed by atoms with van der Waals surface area (Å²) in [6, 6.07) is 17.9. The topological polar surface area (TPSA) is 67.3 Å². The number of nitrogens with zero attached hydrogens (tertiary/aromatic N) is 3. The molecule has 0 spiro atoms. The number of methoxy groups -OCH3 is 1. The summed E-state index contributed by atoms with van der Waals surface area (Å²) < 4.78 is 18.5. The first kappa shape index (κ1) is 21.7. The van der Waals surface area contributed by atoms with Crippen molar-refractivity contribution < 1.29 is 13.9 Å². The van der Waals surface area contributed by atoms with Crippen LogP contribution >= 0.6 is 0 Å². The van der Waals surface area contributed by atoms with Gasteiger partial charge in [-0.2, -0.15) is 0 Å². The number of rotatable bonds is 7. The van der Waals surface area contributed by atoms with Crippen molar-refractivity contribution in [2.75, 3.05) is 31.6 Å². The molecule has 7 heteroatoms. The molecule has 1 aliphatic heterocycles. The summed E-state index contributed by atoms with van der Waals surface area (Å²) in [5.74, 6) is 1.49. The van der Waals surface area contributed by atoms with Crippen molar-refractivity contribution in [3.8, 4) is 17.0 Å². The number of benzene rings is 2. The number of ether oxygens (including phenoxy) is 1. The zero-order chi connectivity index (χ0) is 22.3. The number of hydrogen-bond donors (Lipinski definition) is 1. The zero-order valence-corrected chi connectivity index (χ0v) is 18.1. The molecule has 3 aromatic rings. The van der Waals surface area contributed by atoms with Gasteiger partial charge < -0.3 is 15.0 Å². The molecule has 1 saturated heterocycles. The van der Waals surface area contributed by atoms with E-state index in [1.807, 2.05) is 36.4 Å². The highest BCUT2D eigenvalue weighted by Crippen LogP contribution is 2.24. The van der Waals surface area contributed by atoms with Crippen LogP contribution in [0.25, 0.3) is 11.3 Å². The maximum atomic E-state index is 13.1. The van der Waals surface area contributed by atoms with Crippen LogP contribution in [0.5, 0.6) is 5.75 Å². The third kappa shape index (κ3) is 5.22. The van der Waals surface area contributed by atoms with E-state index in [9.17, 15) is 9.18 Å². The average molecular weight is 435 g/mol. The molecule has 0 unspecified atom stereocenters. The summed E-state index contributed by atoms with van der Waals surface area (Å²) in [5.41, 5.74) is 2.62. The molecule has 0 radical (unpaired) electrons. The maximum absolute atomic E-state index is 13.1. The summed E-state index contributed by atoms with van der Waals surface area (Å²) in [6.07, 6.45) is 2.30. The number of piperidine rings is 1. The fourth-order valence-corrected chi connectivity index (χ4v) is 4.01. The number of aromatic nitrogens is 2. The molecule has 4 rings (SSSR count). The molecular formula is C25H27FN4O2. The first-order valence-corrected chi connectivity index (χ1v) is 10.9. The Hall–Kier alpha value is -3.48. The van der Waals surface area contributed by atoms with E-state index < -0.39 is 0 Å². The molecule has 2 heterocycles. The summed E-state index contributed by atoms with van der Waals surface area (Å²) in [7, 11) is 1.66. The molecular weight excluding hydrogens is 407 g/mol. The molecule has 0 aliphatic carbocycles. The van der Waals surface area contributed by atoms with Crippen LogP contribution in [0, 0.1) is 11.7 Å². The number of anilines is 1. The molecule has 1 aromatic heterocycles. The van der Waals surface area contributed by atoms with Gasteiger partial charge in [0.05, 0.1) is 12.8 Å². The highest BCUT2D eigenvalue weighted by Gasteiger charge is 2.25. The molecule has 32 heavy (non-hydrogen) atoms. The lowest BCUT2D eigenvalue weighted by molar-refractivity contribution is -0.125. The van der Waals surface area contributed by atoms with Crippen LogP contribution in [-0.4, -0.2) is 42.8 Å². The summed E-state index contributed by atoms with van der Waals surface area (Å²) in [6.45, 7) is 2.11. The average Bonchev–Trinajstić information content (AvgIpc) is 2.85. The minimum absolute atomic E-state index is 0.00960. The minimum Gasteiger partial charge on any atom is -0.496 e. The predicted molar refractivity (Wildman–Crippen MR) is 122 cm³/mol. The molecule has 1 aliphatic rings. The molecule has 1 amide bonds. The van der Waals surface area contributed by atoms with Crippen molar-refractivity contribution in [2.45, 2.75) is 19.3 Å². The molecule has 1 fully saturated rings. The van der Waals surface area contributed by atoms with Gasteiger partial charge in [0, 0.05) is 31.1 Å². The van der Waals surface area contributed by atoms with E-state index >= 15 is 0 Å². The van der Waals surface area contributed by atoms with Gasteiger partial charge in [-0.1, -0.05) is 18.2 Å². The SMILES string of the molecule is COc1ccccc1CCNC(=O)C1CCN(c2ccc(-c3ccc(F)cc3)nn2)CC1. The van der Waals surface area contributed by atoms with Gasteiger partial charge in [0.25, 0.3) is 0 Å². The Bertz CT molecular complexity index is 1030. The summed E-state index contributed by atoms with van der Waals surface area (Å²) in [4.78, 5) is 14.7. The van der Waals surface area contributed by atoms with Crippen molar-refractivity contribution >= 4 is 11.7 Å². The van der Waals surface area contributed by atoms with Crippen molar-refractivity contribution in [3.05, 3.63) is 72.0 Å². The summed E-state index contributed by atoms with van der Waals surface area (Å²) in [5, 5.41) is 11.7. The van der Waals surface area contributed by atoms with E-state index in [0.717, 1.165) is 55.0 Å². The zero-order valence-electron chi connectivity index (χ0n) is 18.1. The fraction of sp³-hybridized carbons (Fsp3) is 0.320. The molecule has 6 nitrogen and oxygen atoms in total. The lowest BCUT2D eigenvalue weighted by Crippen LogP contribution is -2.41. The van der Waals surface area contributed by atoms with Crippen LogP contribution in [-0.2, 0) is 11.2 Å². The van der Waals surface area contributed by atoms with Crippen LogP contribution < -0.4 is 15.0 Å². The number of amides is 1. The Balaban J connectivity index is 1.25. The van der Waals surface area contributed by atoms with Crippen LogP contribution in [0.15, 0.2) is 60.7 Å². The monoisotopic (exact) mass is 434 g/mol. The van der Waals surface area contributed by atoms with Gasteiger partial charge in [-0.25, -0.2) is 4.39 Å². The van der Waals surface area contributed by atoms with Gasteiger partial charge in [-0.15, -0.1) is 10.2 Å². The van der Waals surface area contributed by atoms with E-state index in [-0.39, 0.29) is 17.6 Å². The van der Waals surface area contributed by atoms with Crippen molar-refractivity contribution in [1.82, 2.24) is 15.5 Å². The largest absolute Gasteiger partial charge is 0.496 e. The lowest BCUT2D eigenvalue weighted by Gasteiger charge is -2.31. The van der Waals surface area contributed by atoms with Gasteiger partial charge in [0.1, 0.15) is 11.6 Å². The smallest absolute Gasteiger partial charge is 0.223 e. The Labute approximate surface area is 187 Å². The van der Waals surface area contributed by atoms with Crippen LogP contribution in [0.4, 0.5) is 10.2 Å². The maximum Gasteiger partial charge on any atom is 0.223 e. The first-order valence-electron chi connectivity index (χ1n) is 10.9. The Kier molecular flexibility index (Phi) is 6.94. The number of para-hydroxylation sites is 1. The number of nitrogens with one attached hydrogen (secondary N) is 1. The van der Waals surface area contributed by atoms with E-state index in [2.05, 4.69) is 20.4 Å². The highest BCUT2D eigenvalue weighted by atomic mass is 19.1. The predicted octanol–water partition coefficient (Wildman–Crippen LogP) is 3.87. The molecule has 0 bridgehead atoms. The second-order valence-corrected chi connectivity index (χ2v) is 7.90. The fourth-order valence-electron chi connectivity index (χ4n) is 4.01. The van der Waals surface area contributed by atoms with Crippen molar-refractivity contribution in [2.24, 2.45) is 5.92 Å². The van der Waals surface area contributed by atoms with Gasteiger partial charge in [-0.3, -0.25) is 4.79 Å². The number of halogens is 1. The van der Waals surface area contributed by atoms with Crippen LogP contribution in [0.3, 0.4) is 0 Å². The van der Waals surface area contributed by atoms with Gasteiger partial charge in [0.15, 0.2) is 5.82 Å².